The average Bonchev–Trinajstić information content (AvgIpc) is 3.28. The molecule has 9 heteroatoms. The molecule has 8 nitrogen and oxygen atoms in total. The molecular formula is C57H115NO7P+. The number of esters is 1. The number of carbonyl (C=O) groups excluding carboxylic acids is 1. The zero-order valence-corrected chi connectivity index (χ0v) is 45.9. The summed E-state index contributed by atoms with van der Waals surface area (Å²) in [6, 6.07) is 0. The Labute approximate surface area is 411 Å². The molecule has 0 radical (unpaired) electrons. The number of carbonyl (C=O) groups is 1. The maximum absolute atomic E-state index is 12.8. The molecule has 2 unspecified atom stereocenters. The molecule has 0 aliphatic heterocycles. The van der Waals surface area contributed by atoms with Gasteiger partial charge in [-0.05, 0) is 38.5 Å². The van der Waals surface area contributed by atoms with Crippen LogP contribution in [0.5, 0.6) is 0 Å². The van der Waals surface area contributed by atoms with Crippen LogP contribution in [0.25, 0.3) is 0 Å². The zero-order chi connectivity index (χ0) is 48.3. The van der Waals surface area contributed by atoms with Crippen LogP contribution in [0.4, 0.5) is 0 Å². The quantitative estimate of drug-likeness (QED) is 0.0213. The largest absolute Gasteiger partial charge is 0.472 e. The Hall–Kier alpha value is -0.760. The van der Waals surface area contributed by atoms with Crippen LogP contribution in [0.15, 0.2) is 12.2 Å². The maximum atomic E-state index is 12.8. The van der Waals surface area contributed by atoms with Crippen molar-refractivity contribution in [2.75, 3.05) is 54.1 Å². The van der Waals surface area contributed by atoms with Crippen LogP contribution in [0.1, 0.15) is 290 Å². The SMILES string of the molecule is CCCCCCCCCC/C=C\CCCCCCCCCCCCOCC(COP(=O)(O)OCC[N+](C)(C)C)OC(=O)CCCCCCCCCCCCCCCCCCCCCCCC. The van der Waals surface area contributed by atoms with Gasteiger partial charge < -0.3 is 18.9 Å². The lowest BCUT2D eigenvalue weighted by Gasteiger charge is -2.24. The number of phosphoric acid groups is 1. The molecule has 0 heterocycles. The topological polar surface area (TPSA) is 91.3 Å². The molecule has 66 heavy (non-hydrogen) atoms. The van der Waals surface area contributed by atoms with Crippen LogP contribution in [0.2, 0.25) is 0 Å². The number of allylic oxidation sites excluding steroid dienone is 2. The number of nitrogens with zero attached hydrogens (tertiary/aromatic N) is 1. The predicted molar refractivity (Wildman–Crippen MR) is 284 cm³/mol. The van der Waals surface area contributed by atoms with Crippen molar-refractivity contribution in [3.05, 3.63) is 12.2 Å². The van der Waals surface area contributed by atoms with Crippen LogP contribution < -0.4 is 0 Å². The van der Waals surface area contributed by atoms with E-state index in [0.29, 0.717) is 24.1 Å². The third-order valence-electron chi connectivity index (χ3n) is 13.1. The van der Waals surface area contributed by atoms with Gasteiger partial charge in [0.25, 0.3) is 0 Å². The second-order valence-corrected chi connectivity index (χ2v) is 22.5. The molecule has 0 aromatic rings. The molecule has 0 aliphatic rings. The molecule has 1 N–H and O–H groups in total. The fourth-order valence-electron chi connectivity index (χ4n) is 8.61. The second kappa shape index (κ2) is 50.6. The summed E-state index contributed by atoms with van der Waals surface area (Å²) in [6.45, 7) is 5.70. The Kier molecular flexibility index (Phi) is 50.0. The summed E-state index contributed by atoms with van der Waals surface area (Å²) in [4.78, 5) is 23.1. The van der Waals surface area contributed by atoms with Crippen molar-refractivity contribution in [3.8, 4) is 0 Å². The van der Waals surface area contributed by atoms with E-state index in [0.717, 1.165) is 32.1 Å². The second-order valence-electron chi connectivity index (χ2n) is 21.0. The van der Waals surface area contributed by atoms with E-state index in [1.54, 1.807) is 0 Å². The number of unbranched alkanes of at least 4 members (excludes halogenated alkanes) is 39. The van der Waals surface area contributed by atoms with Crippen molar-refractivity contribution in [2.24, 2.45) is 0 Å². The lowest BCUT2D eigenvalue weighted by Crippen LogP contribution is -2.37. The van der Waals surface area contributed by atoms with E-state index >= 15 is 0 Å². The van der Waals surface area contributed by atoms with Gasteiger partial charge in [0.15, 0.2) is 0 Å². The van der Waals surface area contributed by atoms with E-state index in [4.69, 9.17) is 18.5 Å². The van der Waals surface area contributed by atoms with Gasteiger partial charge in [-0.2, -0.15) is 0 Å². The average molecular weight is 958 g/mol. The van der Waals surface area contributed by atoms with E-state index in [-0.39, 0.29) is 25.8 Å². The van der Waals surface area contributed by atoms with E-state index in [1.165, 1.54) is 238 Å². The molecule has 0 aliphatic carbocycles. The minimum atomic E-state index is -4.28. The Morgan fingerprint density at radius 3 is 1.15 bits per heavy atom. The maximum Gasteiger partial charge on any atom is 0.472 e. The van der Waals surface area contributed by atoms with Crippen molar-refractivity contribution in [1.82, 2.24) is 0 Å². The minimum absolute atomic E-state index is 0.0923. The van der Waals surface area contributed by atoms with E-state index in [2.05, 4.69) is 26.0 Å². The number of likely N-dealkylation sites (N-methyl/N-ethyl adjacent to an activating group) is 1. The molecule has 0 rings (SSSR count). The fraction of sp³-hybridized carbons (Fsp3) is 0.947. The monoisotopic (exact) mass is 957 g/mol. The highest BCUT2D eigenvalue weighted by molar-refractivity contribution is 7.47. The number of hydrogen-bond acceptors (Lipinski definition) is 6. The Bertz CT molecular complexity index is 1070. The first-order valence-electron chi connectivity index (χ1n) is 28.9. The normalized spacial score (nSPS) is 13.5. The van der Waals surface area contributed by atoms with Crippen LogP contribution in [0.3, 0.4) is 0 Å². The Balaban J connectivity index is 4.03. The smallest absolute Gasteiger partial charge is 0.457 e. The van der Waals surface area contributed by atoms with Crippen LogP contribution in [0, 0.1) is 0 Å². The first-order valence-corrected chi connectivity index (χ1v) is 30.4. The summed E-state index contributed by atoms with van der Waals surface area (Å²) in [5, 5.41) is 0. The lowest BCUT2D eigenvalue weighted by molar-refractivity contribution is -0.870. The van der Waals surface area contributed by atoms with E-state index in [1.807, 2.05) is 21.1 Å². The van der Waals surface area contributed by atoms with E-state index in [9.17, 15) is 14.3 Å². The molecule has 0 saturated heterocycles. The van der Waals surface area contributed by atoms with Gasteiger partial charge in [-0.15, -0.1) is 0 Å². The highest BCUT2D eigenvalue weighted by atomic mass is 31.2. The summed E-state index contributed by atoms with van der Waals surface area (Å²) in [5.74, 6) is -0.305. The molecule has 0 aromatic heterocycles. The Morgan fingerprint density at radius 1 is 0.455 bits per heavy atom. The van der Waals surface area contributed by atoms with Crippen molar-refractivity contribution in [1.29, 1.82) is 0 Å². The highest BCUT2D eigenvalue weighted by Crippen LogP contribution is 2.43. The van der Waals surface area contributed by atoms with Crippen molar-refractivity contribution >= 4 is 13.8 Å². The fourth-order valence-corrected chi connectivity index (χ4v) is 9.35. The number of hydrogen-bond donors (Lipinski definition) is 1. The predicted octanol–water partition coefficient (Wildman–Crippen LogP) is 18.1. The number of ether oxygens (including phenoxy) is 2. The highest BCUT2D eigenvalue weighted by Gasteiger charge is 2.26. The molecule has 0 fully saturated rings. The van der Waals surface area contributed by atoms with Crippen LogP contribution in [-0.4, -0.2) is 75.6 Å². The van der Waals surface area contributed by atoms with Crippen LogP contribution in [-0.2, 0) is 27.9 Å². The van der Waals surface area contributed by atoms with Crippen molar-refractivity contribution < 1.29 is 37.3 Å². The van der Waals surface area contributed by atoms with Crippen molar-refractivity contribution in [3.63, 3.8) is 0 Å². The molecule has 2 atom stereocenters. The summed E-state index contributed by atoms with van der Waals surface area (Å²) < 4.78 is 35.3. The van der Waals surface area contributed by atoms with Gasteiger partial charge in [-0.3, -0.25) is 13.8 Å². The van der Waals surface area contributed by atoms with Crippen molar-refractivity contribution in [2.45, 2.75) is 296 Å². The first-order chi connectivity index (χ1) is 32.1. The first kappa shape index (κ1) is 65.2. The number of quaternary nitrogens is 1. The summed E-state index contributed by atoms with van der Waals surface area (Å²) in [6.07, 6.45) is 59.9. The van der Waals surface area contributed by atoms with Gasteiger partial charge in [-0.1, -0.05) is 257 Å². The summed E-state index contributed by atoms with van der Waals surface area (Å²) in [7, 11) is 1.69. The van der Waals surface area contributed by atoms with Gasteiger partial charge in [0.2, 0.25) is 0 Å². The van der Waals surface area contributed by atoms with Crippen LogP contribution >= 0.6 is 7.82 Å². The lowest BCUT2D eigenvalue weighted by atomic mass is 10.0. The molecule has 0 saturated carbocycles. The minimum Gasteiger partial charge on any atom is -0.457 e. The van der Waals surface area contributed by atoms with Gasteiger partial charge in [0.05, 0.1) is 34.4 Å². The zero-order valence-electron chi connectivity index (χ0n) is 45.0. The summed E-state index contributed by atoms with van der Waals surface area (Å²) in [5.41, 5.74) is 0. The summed E-state index contributed by atoms with van der Waals surface area (Å²) >= 11 is 0. The number of rotatable bonds is 55. The molecule has 0 bridgehead atoms. The molecule has 0 aromatic carbocycles. The standard InChI is InChI=1S/C57H114NO7P/c1-6-8-10-12-14-16-18-20-22-24-26-28-30-32-34-36-38-40-42-44-46-48-50-57(59)65-56(55-64-66(60,61)63-53-51-58(3,4)5)54-62-52-49-47-45-43-41-39-37-35-33-31-29-27-25-23-21-19-17-15-13-11-9-7-2/h25,27,56H,6-24,26,28-55H2,1-5H3/p+1/b27-25-. The van der Waals surface area contributed by atoms with Gasteiger partial charge in [0, 0.05) is 13.0 Å². The molecule has 0 spiro atoms. The van der Waals surface area contributed by atoms with Gasteiger partial charge in [0.1, 0.15) is 19.3 Å². The molecule has 394 valence electrons. The van der Waals surface area contributed by atoms with Gasteiger partial charge >= 0.3 is 13.8 Å². The molecular weight excluding hydrogens is 842 g/mol. The Morgan fingerprint density at radius 2 is 0.788 bits per heavy atom. The van der Waals surface area contributed by atoms with E-state index < -0.39 is 13.9 Å². The molecule has 0 amide bonds. The third kappa shape index (κ3) is 54.2. The third-order valence-corrected chi connectivity index (χ3v) is 14.1. The van der Waals surface area contributed by atoms with Gasteiger partial charge in [-0.25, -0.2) is 4.57 Å². The number of phosphoric ester groups is 1.